The van der Waals surface area contributed by atoms with E-state index in [1.54, 1.807) is 6.92 Å². The number of hydrogen-bond acceptors (Lipinski definition) is 3. The molecule has 1 aliphatic heterocycles. The van der Waals surface area contributed by atoms with Crippen LogP contribution in [0.15, 0.2) is 0 Å². The third kappa shape index (κ3) is 1.20. The van der Waals surface area contributed by atoms with Crippen LogP contribution in [-0.2, 0) is 9.53 Å². The van der Waals surface area contributed by atoms with Crippen LogP contribution in [0, 0.1) is 0 Å². The number of carboxylic acids is 1. The predicted octanol–water partition coefficient (Wildman–Crippen LogP) is -0.781. The average Bonchev–Trinajstić information content (AvgIpc) is 2.44. The second kappa shape index (κ2) is 1.97. The third-order valence-electron chi connectivity index (χ3n) is 1.32. The summed E-state index contributed by atoms with van der Waals surface area (Å²) in [4.78, 5) is 10.00. The van der Waals surface area contributed by atoms with E-state index in [9.17, 15) is 4.79 Å². The number of ether oxygens (including phenoxy) is 1. The Balaban J connectivity index is 2.36. The van der Waals surface area contributed by atoms with Crippen molar-refractivity contribution in [3.8, 4) is 0 Å². The molecule has 3 atom stereocenters. The van der Waals surface area contributed by atoms with Gasteiger partial charge < -0.3 is 14.9 Å². The molecule has 4 nitrogen and oxygen atoms in total. The molecule has 52 valence electrons. The summed E-state index contributed by atoms with van der Waals surface area (Å²) >= 11 is 0. The molecule has 0 saturated carbocycles. The van der Waals surface area contributed by atoms with Crippen LogP contribution in [0.5, 0.6) is 0 Å². The number of aliphatic carboxylic acids is 1. The topological polar surface area (TPSA) is 70.1 Å². The number of carbonyl (C=O) groups is 1. The lowest BCUT2D eigenvalue weighted by Crippen LogP contribution is -2.26. The average molecular weight is 132 g/mol. The molecule has 0 aromatic rings. The smallest absolute Gasteiger partial charge is 0.335 e. The van der Waals surface area contributed by atoms with E-state index in [4.69, 9.17) is 14.9 Å². The van der Waals surface area contributed by atoms with E-state index < -0.39 is 18.2 Å². The van der Waals surface area contributed by atoms with E-state index in [-0.39, 0.29) is 6.10 Å². The standard InChI is InChI=1S/C5H8O4/c1-2-4(9-2)3(6)5(7)8/h2-4,6H,1H3,(H,7,8). The van der Waals surface area contributed by atoms with Crippen LogP contribution in [0.3, 0.4) is 0 Å². The molecule has 1 heterocycles. The number of hydrogen-bond donors (Lipinski definition) is 2. The highest BCUT2D eigenvalue weighted by Crippen LogP contribution is 2.24. The Bertz CT molecular complexity index is 133. The first-order valence-electron chi connectivity index (χ1n) is 2.69. The van der Waals surface area contributed by atoms with Crippen molar-refractivity contribution in [1.82, 2.24) is 0 Å². The summed E-state index contributed by atoms with van der Waals surface area (Å²) in [6.45, 7) is 1.72. The molecular formula is C5H8O4. The summed E-state index contributed by atoms with van der Waals surface area (Å²) in [6, 6.07) is 0. The molecule has 0 aromatic carbocycles. The van der Waals surface area contributed by atoms with Crippen molar-refractivity contribution in [2.75, 3.05) is 0 Å². The summed E-state index contributed by atoms with van der Waals surface area (Å²) < 4.78 is 4.71. The first-order chi connectivity index (χ1) is 4.13. The number of rotatable bonds is 2. The zero-order chi connectivity index (χ0) is 7.02. The molecule has 1 aliphatic rings. The Morgan fingerprint density at radius 2 is 2.22 bits per heavy atom. The van der Waals surface area contributed by atoms with Gasteiger partial charge in [0.1, 0.15) is 6.10 Å². The van der Waals surface area contributed by atoms with E-state index in [1.807, 2.05) is 0 Å². The van der Waals surface area contributed by atoms with Gasteiger partial charge in [0.2, 0.25) is 0 Å². The Labute approximate surface area is 52.1 Å². The van der Waals surface area contributed by atoms with Crippen molar-refractivity contribution < 1.29 is 19.7 Å². The predicted molar refractivity (Wildman–Crippen MR) is 28.0 cm³/mol. The molecule has 4 heteroatoms. The number of epoxide rings is 1. The zero-order valence-corrected chi connectivity index (χ0v) is 4.94. The van der Waals surface area contributed by atoms with Crippen LogP contribution >= 0.6 is 0 Å². The molecule has 0 aliphatic carbocycles. The highest BCUT2D eigenvalue weighted by atomic mass is 16.6. The minimum absolute atomic E-state index is 0.101. The normalized spacial score (nSPS) is 35.8. The largest absolute Gasteiger partial charge is 0.479 e. The van der Waals surface area contributed by atoms with E-state index in [1.165, 1.54) is 0 Å². The van der Waals surface area contributed by atoms with Gasteiger partial charge in [-0.05, 0) is 6.92 Å². The minimum atomic E-state index is -1.35. The zero-order valence-electron chi connectivity index (χ0n) is 4.94. The Kier molecular flexibility index (Phi) is 1.42. The van der Waals surface area contributed by atoms with Gasteiger partial charge >= 0.3 is 5.97 Å². The monoisotopic (exact) mass is 132 g/mol. The number of aliphatic hydroxyl groups excluding tert-OH is 1. The van der Waals surface area contributed by atoms with E-state index in [2.05, 4.69) is 0 Å². The molecular weight excluding hydrogens is 124 g/mol. The second-order valence-electron chi connectivity index (χ2n) is 2.09. The Morgan fingerprint density at radius 3 is 2.33 bits per heavy atom. The third-order valence-corrected chi connectivity index (χ3v) is 1.32. The lowest BCUT2D eigenvalue weighted by Gasteiger charge is -1.96. The molecule has 9 heavy (non-hydrogen) atoms. The molecule has 1 rings (SSSR count). The number of aliphatic hydroxyl groups is 1. The molecule has 0 bridgehead atoms. The van der Waals surface area contributed by atoms with Crippen LogP contribution < -0.4 is 0 Å². The molecule has 0 spiro atoms. The Hall–Kier alpha value is -0.610. The van der Waals surface area contributed by atoms with Gasteiger partial charge in [0, 0.05) is 0 Å². The van der Waals surface area contributed by atoms with Crippen molar-refractivity contribution >= 4 is 5.97 Å². The fourth-order valence-electron chi connectivity index (χ4n) is 0.674. The Morgan fingerprint density at radius 1 is 1.78 bits per heavy atom. The summed E-state index contributed by atoms with van der Waals surface area (Å²) in [5.41, 5.74) is 0. The van der Waals surface area contributed by atoms with Crippen molar-refractivity contribution in [2.45, 2.75) is 25.2 Å². The van der Waals surface area contributed by atoms with E-state index >= 15 is 0 Å². The van der Waals surface area contributed by atoms with Crippen molar-refractivity contribution in [3.63, 3.8) is 0 Å². The van der Waals surface area contributed by atoms with Gasteiger partial charge in [0.25, 0.3) is 0 Å². The maximum Gasteiger partial charge on any atom is 0.335 e. The van der Waals surface area contributed by atoms with Crippen molar-refractivity contribution in [3.05, 3.63) is 0 Å². The molecule has 1 fully saturated rings. The first kappa shape index (κ1) is 6.51. The summed E-state index contributed by atoms with van der Waals surface area (Å²) in [6.07, 6.45) is -1.93. The van der Waals surface area contributed by atoms with Gasteiger partial charge in [-0.1, -0.05) is 0 Å². The first-order valence-corrected chi connectivity index (χ1v) is 2.69. The van der Waals surface area contributed by atoms with Gasteiger partial charge in [-0.3, -0.25) is 0 Å². The van der Waals surface area contributed by atoms with Gasteiger partial charge in [-0.15, -0.1) is 0 Å². The molecule has 0 aromatic heterocycles. The highest BCUT2D eigenvalue weighted by Gasteiger charge is 2.44. The number of carboxylic acid groups (broad SMARTS) is 1. The van der Waals surface area contributed by atoms with Gasteiger partial charge in [-0.2, -0.15) is 0 Å². The van der Waals surface area contributed by atoms with E-state index in [0.717, 1.165) is 0 Å². The van der Waals surface area contributed by atoms with E-state index in [0.29, 0.717) is 0 Å². The van der Waals surface area contributed by atoms with Crippen LogP contribution in [0.25, 0.3) is 0 Å². The van der Waals surface area contributed by atoms with Crippen LogP contribution in [-0.4, -0.2) is 34.5 Å². The van der Waals surface area contributed by atoms with Crippen LogP contribution in [0.4, 0.5) is 0 Å². The van der Waals surface area contributed by atoms with Crippen LogP contribution in [0.1, 0.15) is 6.92 Å². The molecule has 1 saturated heterocycles. The van der Waals surface area contributed by atoms with Crippen molar-refractivity contribution in [2.24, 2.45) is 0 Å². The van der Waals surface area contributed by atoms with Gasteiger partial charge in [0.15, 0.2) is 6.10 Å². The summed E-state index contributed by atoms with van der Waals surface area (Å²) in [5, 5.41) is 16.9. The summed E-state index contributed by atoms with van der Waals surface area (Å²) in [7, 11) is 0. The van der Waals surface area contributed by atoms with Gasteiger partial charge in [0.05, 0.1) is 6.10 Å². The SMILES string of the molecule is CC1OC1C(O)C(=O)O. The lowest BCUT2D eigenvalue weighted by molar-refractivity contribution is -0.147. The minimum Gasteiger partial charge on any atom is -0.479 e. The fraction of sp³-hybridized carbons (Fsp3) is 0.800. The van der Waals surface area contributed by atoms with Crippen LogP contribution in [0.2, 0.25) is 0 Å². The maximum atomic E-state index is 10.00. The fourth-order valence-corrected chi connectivity index (χ4v) is 0.674. The quantitative estimate of drug-likeness (QED) is 0.483. The van der Waals surface area contributed by atoms with Crippen molar-refractivity contribution in [1.29, 1.82) is 0 Å². The van der Waals surface area contributed by atoms with Gasteiger partial charge in [-0.25, -0.2) is 4.79 Å². The summed E-state index contributed by atoms with van der Waals surface area (Å²) in [5.74, 6) is -1.22. The molecule has 3 unspecified atom stereocenters. The highest BCUT2D eigenvalue weighted by molar-refractivity contribution is 5.73. The molecule has 2 N–H and O–H groups in total. The molecule has 0 radical (unpaired) electrons. The molecule has 0 amide bonds. The second-order valence-corrected chi connectivity index (χ2v) is 2.09. The lowest BCUT2D eigenvalue weighted by atomic mass is 10.2. The maximum absolute atomic E-state index is 10.00.